The molecule has 0 bridgehead atoms. The van der Waals surface area contributed by atoms with Gasteiger partial charge in [-0.1, -0.05) is 6.07 Å². The van der Waals surface area contributed by atoms with E-state index in [1.54, 1.807) is 12.1 Å². The number of benzene rings is 1. The number of aromatic nitrogens is 1. The number of rotatable bonds is 5. The van der Waals surface area contributed by atoms with Crippen molar-refractivity contribution in [2.75, 3.05) is 11.9 Å². The molecule has 0 spiro atoms. The van der Waals surface area contributed by atoms with E-state index in [0.29, 0.717) is 30.6 Å². The summed E-state index contributed by atoms with van der Waals surface area (Å²) in [7, 11) is 0. The molecule has 1 amide bonds. The van der Waals surface area contributed by atoms with Crippen molar-refractivity contribution < 1.29 is 18.0 Å². The van der Waals surface area contributed by atoms with E-state index in [4.69, 9.17) is 5.73 Å². The van der Waals surface area contributed by atoms with Crippen LogP contribution >= 0.6 is 0 Å². The quantitative estimate of drug-likeness (QED) is 0.854. The van der Waals surface area contributed by atoms with Crippen LogP contribution in [0.5, 0.6) is 0 Å². The molecule has 1 aromatic heterocycles. The van der Waals surface area contributed by atoms with Crippen molar-refractivity contribution in [3.8, 4) is 0 Å². The van der Waals surface area contributed by atoms with Gasteiger partial charge in [0.1, 0.15) is 5.82 Å². The fourth-order valence-electron chi connectivity index (χ4n) is 2.64. The number of alkyl halides is 3. The molecule has 0 atom stereocenters. The molecule has 1 aliphatic heterocycles. The SMILES string of the molecule is NCCCc1cc2c(c(Nc3cccc(C(F)(F)F)c3)n1)C(=O)[N]C=C2. The first-order chi connectivity index (χ1) is 12.4. The van der Waals surface area contributed by atoms with Crippen LogP contribution in [0.25, 0.3) is 6.08 Å². The number of nitrogens with zero attached hydrogens (tertiary/aromatic N) is 2. The number of halogens is 3. The Balaban J connectivity index is 2.01. The smallest absolute Gasteiger partial charge is 0.340 e. The predicted molar refractivity (Wildman–Crippen MR) is 91.8 cm³/mol. The van der Waals surface area contributed by atoms with Gasteiger partial charge in [0.2, 0.25) is 0 Å². The largest absolute Gasteiger partial charge is 0.416 e. The van der Waals surface area contributed by atoms with Crippen molar-refractivity contribution in [3.63, 3.8) is 0 Å². The highest BCUT2D eigenvalue weighted by atomic mass is 19.4. The molecule has 2 aromatic rings. The maximum absolute atomic E-state index is 12.9. The maximum Gasteiger partial charge on any atom is 0.416 e. The Hall–Kier alpha value is -2.87. The third kappa shape index (κ3) is 3.85. The van der Waals surface area contributed by atoms with Crippen molar-refractivity contribution in [1.29, 1.82) is 0 Å². The zero-order valence-electron chi connectivity index (χ0n) is 13.7. The molecule has 135 valence electrons. The fraction of sp³-hybridized carbons (Fsp3) is 0.222. The zero-order valence-corrected chi connectivity index (χ0v) is 13.7. The first kappa shape index (κ1) is 17.9. The minimum atomic E-state index is -4.46. The van der Waals surface area contributed by atoms with E-state index < -0.39 is 17.6 Å². The van der Waals surface area contributed by atoms with Crippen LogP contribution in [0.15, 0.2) is 36.5 Å². The number of nitrogens with two attached hydrogens (primary N) is 1. The second-order valence-corrected chi connectivity index (χ2v) is 5.77. The molecule has 1 radical (unpaired) electrons. The molecule has 3 rings (SSSR count). The molecule has 1 aromatic carbocycles. The van der Waals surface area contributed by atoms with E-state index >= 15 is 0 Å². The molecule has 0 unspecified atom stereocenters. The van der Waals surface area contributed by atoms with Crippen molar-refractivity contribution in [3.05, 3.63) is 58.9 Å². The fourth-order valence-corrected chi connectivity index (χ4v) is 2.64. The first-order valence-electron chi connectivity index (χ1n) is 7.98. The highest BCUT2D eigenvalue weighted by Crippen LogP contribution is 2.32. The second-order valence-electron chi connectivity index (χ2n) is 5.77. The van der Waals surface area contributed by atoms with Gasteiger partial charge in [0.15, 0.2) is 0 Å². The molecule has 0 saturated heterocycles. The zero-order chi connectivity index (χ0) is 18.7. The molecule has 5 nitrogen and oxygen atoms in total. The molecule has 3 N–H and O–H groups in total. The van der Waals surface area contributed by atoms with E-state index in [-0.39, 0.29) is 17.1 Å². The summed E-state index contributed by atoms with van der Waals surface area (Å²) in [5.41, 5.74) is 6.49. The van der Waals surface area contributed by atoms with Gasteiger partial charge in [-0.3, -0.25) is 4.79 Å². The van der Waals surface area contributed by atoms with Gasteiger partial charge in [-0.05, 0) is 55.3 Å². The number of anilines is 2. The van der Waals surface area contributed by atoms with E-state index in [1.807, 2.05) is 0 Å². The summed E-state index contributed by atoms with van der Waals surface area (Å²) in [6.07, 6.45) is -0.0917. The molecule has 0 aliphatic carbocycles. The van der Waals surface area contributed by atoms with Crippen molar-refractivity contribution in [1.82, 2.24) is 10.3 Å². The summed E-state index contributed by atoms with van der Waals surface area (Å²) in [5.74, 6) is -0.304. The molecule has 1 aliphatic rings. The molecule has 2 heterocycles. The summed E-state index contributed by atoms with van der Waals surface area (Å²) in [6.45, 7) is 0.485. The molecule has 0 saturated carbocycles. The summed E-state index contributed by atoms with van der Waals surface area (Å²) < 4.78 is 38.7. The van der Waals surface area contributed by atoms with E-state index in [2.05, 4.69) is 15.6 Å². The lowest BCUT2D eigenvalue weighted by Crippen LogP contribution is -2.19. The van der Waals surface area contributed by atoms with Crippen LogP contribution in [0.4, 0.5) is 24.7 Å². The number of carbonyl (C=O) groups excluding carboxylic acids is 1. The molecular weight excluding hydrogens is 345 g/mol. The summed E-state index contributed by atoms with van der Waals surface area (Å²) in [5, 5.41) is 6.56. The van der Waals surface area contributed by atoms with Gasteiger partial charge in [0.25, 0.3) is 5.91 Å². The second kappa shape index (κ2) is 7.17. The Kier molecular flexibility index (Phi) is 4.94. The Morgan fingerprint density at radius 1 is 1.19 bits per heavy atom. The van der Waals surface area contributed by atoms with Crippen LogP contribution in [0.2, 0.25) is 0 Å². The number of pyridine rings is 1. The van der Waals surface area contributed by atoms with E-state index in [0.717, 1.165) is 12.1 Å². The van der Waals surface area contributed by atoms with Crippen molar-refractivity contribution >= 4 is 23.5 Å². The lowest BCUT2D eigenvalue weighted by molar-refractivity contribution is -0.137. The van der Waals surface area contributed by atoms with Crippen LogP contribution in [-0.4, -0.2) is 17.4 Å². The first-order valence-corrected chi connectivity index (χ1v) is 7.98. The number of amides is 1. The topological polar surface area (TPSA) is 82.1 Å². The van der Waals surface area contributed by atoms with Crippen molar-refractivity contribution in [2.45, 2.75) is 19.0 Å². The number of hydrogen-bond acceptors (Lipinski definition) is 4. The van der Waals surface area contributed by atoms with Crippen LogP contribution in [0, 0.1) is 0 Å². The van der Waals surface area contributed by atoms with Crippen LogP contribution in [0.1, 0.15) is 33.6 Å². The lowest BCUT2D eigenvalue weighted by atomic mass is 10.0. The average molecular weight is 361 g/mol. The Morgan fingerprint density at radius 2 is 2.00 bits per heavy atom. The lowest BCUT2D eigenvalue weighted by Gasteiger charge is -2.17. The monoisotopic (exact) mass is 361 g/mol. The Labute approximate surface area is 148 Å². The number of fused-ring (bicyclic) bond motifs is 1. The van der Waals surface area contributed by atoms with Gasteiger partial charge in [0, 0.05) is 17.6 Å². The van der Waals surface area contributed by atoms with Crippen LogP contribution < -0.4 is 16.4 Å². The van der Waals surface area contributed by atoms with Gasteiger partial charge >= 0.3 is 6.18 Å². The number of carbonyl (C=O) groups is 1. The highest BCUT2D eigenvalue weighted by Gasteiger charge is 2.30. The van der Waals surface area contributed by atoms with Crippen LogP contribution in [0.3, 0.4) is 0 Å². The molecule has 0 fully saturated rings. The van der Waals surface area contributed by atoms with E-state index in [9.17, 15) is 18.0 Å². The normalized spacial score (nSPS) is 13.3. The van der Waals surface area contributed by atoms with Gasteiger partial charge in [-0.15, -0.1) is 0 Å². The third-order valence-corrected chi connectivity index (χ3v) is 3.85. The average Bonchev–Trinajstić information content (AvgIpc) is 2.59. The summed E-state index contributed by atoms with van der Waals surface area (Å²) in [6, 6.07) is 6.50. The maximum atomic E-state index is 12.9. The Bertz CT molecular complexity index is 862. The van der Waals surface area contributed by atoms with Crippen LogP contribution in [-0.2, 0) is 12.6 Å². The third-order valence-electron chi connectivity index (χ3n) is 3.85. The minimum Gasteiger partial charge on any atom is -0.340 e. The minimum absolute atomic E-state index is 0.187. The summed E-state index contributed by atoms with van der Waals surface area (Å²) >= 11 is 0. The molecule has 26 heavy (non-hydrogen) atoms. The predicted octanol–water partition coefficient (Wildman–Crippen LogP) is 3.46. The van der Waals surface area contributed by atoms with E-state index in [1.165, 1.54) is 18.3 Å². The number of hydrogen-bond donors (Lipinski definition) is 2. The number of aryl methyl sites for hydroxylation is 1. The Morgan fingerprint density at radius 3 is 2.73 bits per heavy atom. The van der Waals surface area contributed by atoms with Crippen molar-refractivity contribution in [2.24, 2.45) is 5.73 Å². The van der Waals surface area contributed by atoms with Gasteiger partial charge in [-0.25, -0.2) is 10.3 Å². The molecular formula is C18H16F3N4O. The number of nitrogens with one attached hydrogen (secondary N) is 1. The highest BCUT2D eigenvalue weighted by molar-refractivity contribution is 6.05. The van der Waals surface area contributed by atoms with Gasteiger partial charge in [0.05, 0.1) is 11.1 Å². The van der Waals surface area contributed by atoms with Gasteiger partial charge in [-0.2, -0.15) is 13.2 Å². The van der Waals surface area contributed by atoms with Gasteiger partial charge < -0.3 is 11.1 Å². The summed E-state index contributed by atoms with van der Waals surface area (Å²) in [4.78, 5) is 16.5. The molecule has 8 heteroatoms. The standard InChI is InChI=1S/C18H16F3N4O/c19-18(20,21)12-3-1-4-14(10-12)25-16-15-11(6-8-23-17(15)26)9-13(24-16)5-2-7-22/h1,3-4,6,8-10H,2,5,7,22H2,(H,24,25).